The van der Waals surface area contributed by atoms with Crippen LogP contribution in [0.15, 0.2) is 35.2 Å². The van der Waals surface area contributed by atoms with Crippen molar-refractivity contribution < 1.29 is 22.2 Å². The summed E-state index contributed by atoms with van der Waals surface area (Å²) in [5.41, 5.74) is 0. The molecule has 1 atom stereocenters. The average Bonchev–Trinajstić information content (AvgIpc) is 2.52. The molecule has 1 fully saturated rings. The number of benzene rings is 1. The Morgan fingerprint density at radius 2 is 1.77 bits per heavy atom. The molecule has 1 unspecified atom stereocenters. The fraction of sp³-hybridized carbons (Fsp3) is 0.533. The minimum atomic E-state index is -4.79. The molecule has 1 aromatic carbocycles. The van der Waals surface area contributed by atoms with Crippen LogP contribution in [0.3, 0.4) is 0 Å². The summed E-state index contributed by atoms with van der Waals surface area (Å²) in [6.07, 6.45) is -3.02. The standard InChI is InChI=1S/C15H18F3NO2S/c16-15(17,18)14(20)19-9-6-12(7-10-19)8-11-22(21)13-4-2-1-3-5-13/h1-5,12H,6-11H2. The molecule has 1 aromatic rings. The van der Waals surface area contributed by atoms with Crippen LogP contribution in [0.1, 0.15) is 19.3 Å². The molecule has 122 valence electrons. The Labute approximate surface area is 130 Å². The highest BCUT2D eigenvalue weighted by molar-refractivity contribution is 7.85. The van der Waals surface area contributed by atoms with Crippen LogP contribution < -0.4 is 0 Å². The monoisotopic (exact) mass is 333 g/mol. The lowest BCUT2D eigenvalue weighted by molar-refractivity contribution is -0.186. The Balaban J connectivity index is 1.76. The largest absolute Gasteiger partial charge is 0.471 e. The molecule has 1 amide bonds. The molecule has 0 radical (unpaired) electrons. The molecular formula is C15H18F3NO2S. The molecule has 1 saturated heterocycles. The van der Waals surface area contributed by atoms with E-state index in [4.69, 9.17) is 0 Å². The van der Waals surface area contributed by atoms with Gasteiger partial charge in [-0.15, -0.1) is 0 Å². The minimum absolute atomic E-state index is 0.126. The molecule has 1 aliphatic rings. The summed E-state index contributed by atoms with van der Waals surface area (Å²) in [6.45, 7) is 0.252. The molecule has 0 spiro atoms. The molecule has 1 heterocycles. The molecule has 1 aliphatic heterocycles. The van der Waals surface area contributed by atoms with E-state index in [0.29, 0.717) is 25.0 Å². The first-order valence-corrected chi connectivity index (χ1v) is 8.49. The summed E-state index contributed by atoms with van der Waals surface area (Å²) in [5.74, 6) is -1.02. The first-order chi connectivity index (χ1) is 10.4. The van der Waals surface area contributed by atoms with Gasteiger partial charge in [0.15, 0.2) is 0 Å². The number of carbonyl (C=O) groups excluding carboxylic acids is 1. The number of piperidine rings is 1. The van der Waals surface area contributed by atoms with Crippen LogP contribution >= 0.6 is 0 Å². The van der Waals surface area contributed by atoms with E-state index in [1.165, 1.54) is 0 Å². The molecule has 0 aromatic heterocycles. The molecule has 0 N–H and O–H groups in total. The minimum Gasteiger partial charge on any atom is -0.335 e. The topological polar surface area (TPSA) is 37.4 Å². The number of alkyl halides is 3. The number of rotatable bonds is 4. The summed E-state index contributed by atoms with van der Waals surface area (Å²) >= 11 is 0. The third kappa shape index (κ3) is 4.56. The smallest absolute Gasteiger partial charge is 0.335 e. The van der Waals surface area contributed by atoms with Gasteiger partial charge in [0.25, 0.3) is 0 Å². The zero-order chi connectivity index (χ0) is 16.2. The first-order valence-electron chi connectivity index (χ1n) is 7.17. The highest BCUT2D eigenvalue weighted by Crippen LogP contribution is 2.26. The van der Waals surface area contributed by atoms with E-state index in [0.717, 1.165) is 9.80 Å². The van der Waals surface area contributed by atoms with Crippen molar-refractivity contribution in [3.8, 4) is 0 Å². The Hall–Kier alpha value is -1.37. The zero-order valence-electron chi connectivity index (χ0n) is 12.0. The predicted octanol–water partition coefficient (Wildman–Crippen LogP) is 2.99. The molecule has 3 nitrogen and oxygen atoms in total. The van der Waals surface area contributed by atoms with Gasteiger partial charge in [0.1, 0.15) is 0 Å². The highest BCUT2D eigenvalue weighted by atomic mass is 32.2. The van der Waals surface area contributed by atoms with Gasteiger partial charge in [0.2, 0.25) is 0 Å². The third-order valence-electron chi connectivity index (χ3n) is 3.86. The Kier molecular flexibility index (Phi) is 5.61. The number of halogens is 3. The molecule has 2 rings (SSSR count). The van der Waals surface area contributed by atoms with Crippen molar-refractivity contribution >= 4 is 16.7 Å². The van der Waals surface area contributed by atoms with Gasteiger partial charge < -0.3 is 4.90 Å². The first kappa shape index (κ1) is 17.0. The van der Waals surface area contributed by atoms with Crippen molar-refractivity contribution in [2.24, 2.45) is 5.92 Å². The third-order valence-corrected chi connectivity index (χ3v) is 5.27. The van der Waals surface area contributed by atoms with Gasteiger partial charge in [-0.25, -0.2) is 0 Å². The van der Waals surface area contributed by atoms with Crippen LogP contribution in [-0.4, -0.2) is 40.0 Å². The van der Waals surface area contributed by atoms with Crippen molar-refractivity contribution in [3.05, 3.63) is 30.3 Å². The van der Waals surface area contributed by atoms with Gasteiger partial charge in [-0.1, -0.05) is 18.2 Å². The molecule has 22 heavy (non-hydrogen) atoms. The zero-order valence-corrected chi connectivity index (χ0v) is 12.8. The maximum Gasteiger partial charge on any atom is 0.471 e. The van der Waals surface area contributed by atoms with Gasteiger partial charge in [-0.05, 0) is 37.3 Å². The van der Waals surface area contributed by atoms with Crippen LogP contribution in [0.25, 0.3) is 0 Å². The van der Waals surface area contributed by atoms with Crippen molar-refractivity contribution in [1.82, 2.24) is 4.90 Å². The number of nitrogens with zero attached hydrogens (tertiary/aromatic N) is 1. The van der Waals surface area contributed by atoms with E-state index in [2.05, 4.69) is 0 Å². The van der Waals surface area contributed by atoms with E-state index in [1.54, 1.807) is 12.1 Å². The number of carbonyl (C=O) groups is 1. The summed E-state index contributed by atoms with van der Waals surface area (Å²) < 4.78 is 49.1. The van der Waals surface area contributed by atoms with Gasteiger partial charge in [-0.2, -0.15) is 13.2 Å². The number of hydrogen-bond donors (Lipinski definition) is 0. The van der Waals surface area contributed by atoms with Crippen LogP contribution in [0.4, 0.5) is 13.2 Å². The van der Waals surface area contributed by atoms with E-state index in [9.17, 15) is 22.2 Å². The van der Waals surface area contributed by atoms with E-state index >= 15 is 0 Å². The lowest BCUT2D eigenvalue weighted by Gasteiger charge is -2.32. The second kappa shape index (κ2) is 7.26. The van der Waals surface area contributed by atoms with Crippen molar-refractivity contribution in [2.45, 2.75) is 30.3 Å². The van der Waals surface area contributed by atoms with Crippen molar-refractivity contribution in [3.63, 3.8) is 0 Å². The maximum absolute atomic E-state index is 12.3. The summed E-state index contributed by atoms with van der Waals surface area (Å²) in [6, 6.07) is 9.12. The second-order valence-electron chi connectivity index (χ2n) is 5.38. The molecular weight excluding hydrogens is 315 g/mol. The van der Waals surface area contributed by atoms with Crippen LogP contribution in [0, 0.1) is 5.92 Å². The predicted molar refractivity (Wildman–Crippen MR) is 77.7 cm³/mol. The number of hydrogen-bond acceptors (Lipinski definition) is 2. The fourth-order valence-electron chi connectivity index (χ4n) is 2.57. The Morgan fingerprint density at radius 3 is 2.32 bits per heavy atom. The normalized spacial score (nSPS) is 18.2. The lowest BCUT2D eigenvalue weighted by Crippen LogP contribution is -2.45. The molecule has 7 heteroatoms. The molecule has 0 aliphatic carbocycles. The summed E-state index contributed by atoms with van der Waals surface area (Å²) in [5, 5.41) is 0. The fourth-order valence-corrected chi connectivity index (χ4v) is 3.81. The van der Waals surface area contributed by atoms with Gasteiger partial charge in [-0.3, -0.25) is 9.00 Å². The quantitative estimate of drug-likeness (QED) is 0.849. The van der Waals surface area contributed by atoms with E-state index in [1.807, 2.05) is 18.2 Å². The molecule has 0 bridgehead atoms. The van der Waals surface area contributed by atoms with Crippen LogP contribution in [0.2, 0.25) is 0 Å². The van der Waals surface area contributed by atoms with Gasteiger partial charge in [0.05, 0.1) is 10.8 Å². The van der Waals surface area contributed by atoms with E-state index < -0.39 is 22.9 Å². The SMILES string of the molecule is O=C(N1CCC(CCS(=O)c2ccccc2)CC1)C(F)(F)F. The average molecular weight is 333 g/mol. The lowest BCUT2D eigenvalue weighted by atomic mass is 9.94. The number of likely N-dealkylation sites (tertiary alicyclic amines) is 1. The Bertz CT molecular complexity index is 525. The van der Waals surface area contributed by atoms with Crippen LogP contribution in [-0.2, 0) is 15.6 Å². The van der Waals surface area contributed by atoms with Gasteiger partial charge >= 0.3 is 12.1 Å². The van der Waals surface area contributed by atoms with Gasteiger partial charge in [0, 0.05) is 23.7 Å². The maximum atomic E-state index is 12.3. The summed E-state index contributed by atoms with van der Waals surface area (Å²) in [7, 11) is -1.08. The van der Waals surface area contributed by atoms with E-state index in [-0.39, 0.29) is 19.0 Å². The summed E-state index contributed by atoms with van der Waals surface area (Å²) in [4.78, 5) is 12.8. The number of amides is 1. The van der Waals surface area contributed by atoms with Crippen molar-refractivity contribution in [2.75, 3.05) is 18.8 Å². The molecule has 0 saturated carbocycles. The Morgan fingerprint density at radius 1 is 1.18 bits per heavy atom. The second-order valence-corrected chi connectivity index (χ2v) is 6.96. The highest BCUT2D eigenvalue weighted by Gasteiger charge is 2.43. The van der Waals surface area contributed by atoms with Crippen molar-refractivity contribution in [1.29, 1.82) is 0 Å². The van der Waals surface area contributed by atoms with Crippen LogP contribution in [0.5, 0.6) is 0 Å².